The molecule has 3 heterocycles. The smallest absolute Gasteiger partial charge is 0.253 e. The van der Waals surface area contributed by atoms with Crippen molar-refractivity contribution in [2.24, 2.45) is 0 Å². The Bertz CT molecular complexity index is 714. The predicted octanol–water partition coefficient (Wildman–Crippen LogP) is 2.11. The molecule has 0 aliphatic carbocycles. The third-order valence-electron chi connectivity index (χ3n) is 4.56. The SMILES string of the molecule is O=C(Nc1ccc2scnc2c1)[C@@H]1CC[C@H](CN2CCOCC2)O1. The number of nitrogens with zero attached hydrogens (tertiary/aromatic N) is 2. The first-order valence-corrected chi connectivity index (χ1v) is 9.25. The fourth-order valence-corrected chi connectivity index (χ4v) is 3.92. The van der Waals surface area contributed by atoms with Crippen molar-refractivity contribution < 1.29 is 14.3 Å². The van der Waals surface area contributed by atoms with Gasteiger partial charge in [0, 0.05) is 25.3 Å². The van der Waals surface area contributed by atoms with Crippen LogP contribution in [0.25, 0.3) is 10.2 Å². The molecule has 1 amide bonds. The first-order valence-electron chi connectivity index (χ1n) is 8.37. The number of ether oxygens (including phenoxy) is 2. The molecular weight excluding hydrogens is 326 g/mol. The number of anilines is 1. The Morgan fingerprint density at radius 1 is 1.33 bits per heavy atom. The summed E-state index contributed by atoms with van der Waals surface area (Å²) >= 11 is 1.59. The minimum atomic E-state index is -0.359. The van der Waals surface area contributed by atoms with Gasteiger partial charge in [0.1, 0.15) is 6.10 Å². The standard InChI is InChI=1S/C17H21N3O3S/c21-17(19-12-1-4-16-14(9-12)18-11-24-16)15-3-2-13(23-15)10-20-5-7-22-8-6-20/h1,4,9,11,13,15H,2-3,5-8,10H2,(H,19,21)/t13-,15+/m1/s1. The number of hydrogen-bond donors (Lipinski definition) is 1. The van der Waals surface area contributed by atoms with E-state index >= 15 is 0 Å². The lowest BCUT2D eigenvalue weighted by molar-refractivity contribution is -0.127. The van der Waals surface area contributed by atoms with E-state index in [-0.39, 0.29) is 18.1 Å². The third kappa shape index (κ3) is 3.59. The van der Waals surface area contributed by atoms with Crippen LogP contribution in [-0.4, -0.2) is 60.8 Å². The van der Waals surface area contributed by atoms with Crippen molar-refractivity contribution in [3.63, 3.8) is 0 Å². The number of nitrogens with one attached hydrogen (secondary N) is 1. The lowest BCUT2D eigenvalue weighted by Gasteiger charge is -2.28. The van der Waals surface area contributed by atoms with E-state index in [2.05, 4.69) is 15.2 Å². The number of rotatable bonds is 4. The van der Waals surface area contributed by atoms with Crippen molar-refractivity contribution in [3.05, 3.63) is 23.7 Å². The molecule has 2 aliphatic heterocycles. The van der Waals surface area contributed by atoms with Gasteiger partial charge in [-0.15, -0.1) is 11.3 Å². The molecule has 2 atom stereocenters. The van der Waals surface area contributed by atoms with Crippen LogP contribution in [-0.2, 0) is 14.3 Å². The van der Waals surface area contributed by atoms with Crippen LogP contribution in [0, 0.1) is 0 Å². The van der Waals surface area contributed by atoms with Crippen molar-refractivity contribution in [1.29, 1.82) is 0 Å². The van der Waals surface area contributed by atoms with Gasteiger partial charge in [-0.1, -0.05) is 0 Å². The molecule has 0 unspecified atom stereocenters. The van der Waals surface area contributed by atoms with Crippen LogP contribution in [0.2, 0.25) is 0 Å². The third-order valence-corrected chi connectivity index (χ3v) is 5.37. The topological polar surface area (TPSA) is 63.7 Å². The van der Waals surface area contributed by atoms with E-state index in [0.29, 0.717) is 0 Å². The molecule has 2 aromatic rings. The Hall–Kier alpha value is -1.54. The number of hydrogen-bond acceptors (Lipinski definition) is 6. The van der Waals surface area contributed by atoms with Crippen molar-refractivity contribution in [2.45, 2.75) is 25.0 Å². The summed E-state index contributed by atoms with van der Waals surface area (Å²) in [6.45, 7) is 4.36. The minimum absolute atomic E-state index is 0.0611. The first kappa shape index (κ1) is 16.0. The summed E-state index contributed by atoms with van der Waals surface area (Å²) in [6, 6.07) is 5.81. The fraction of sp³-hybridized carbons (Fsp3) is 0.529. The van der Waals surface area contributed by atoms with E-state index in [9.17, 15) is 4.79 Å². The molecule has 1 aromatic carbocycles. The predicted molar refractivity (Wildman–Crippen MR) is 93.4 cm³/mol. The Morgan fingerprint density at radius 3 is 3.08 bits per heavy atom. The van der Waals surface area contributed by atoms with Crippen LogP contribution < -0.4 is 5.32 Å². The molecule has 0 saturated carbocycles. The van der Waals surface area contributed by atoms with Crippen LogP contribution in [0.5, 0.6) is 0 Å². The van der Waals surface area contributed by atoms with Crippen LogP contribution >= 0.6 is 11.3 Å². The number of aromatic nitrogens is 1. The average Bonchev–Trinajstić information content (AvgIpc) is 3.24. The van der Waals surface area contributed by atoms with Crippen LogP contribution in [0.15, 0.2) is 23.7 Å². The van der Waals surface area contributed by atoms with Gasteiger partial charge in [-0.05, 0) is 31.0 Å². The van der Waals surface area contributed by atoms with Crippen LogP contribution in [0.3, 0.4) is 0 Å². The zero-order chi connectivity index (χ0) is 16.4. The highest BCUT2D eigenvalue weighted by molar-refractivity contribution is 7.16. The number of morpholine rings is 1. The van der Waals surface area contributed by atoms with Crippen molar-refractivity contribution >= 4 is 33.1 Å². The van der Waals surface area contributed by atoms with Gasteiger partial charge >= 0.3 is 0 Å². The second-order valence-corrected chi connectivity index (χ2v) is 7.15. The highest BCUT2D eigenvalue weighted by Gasteiger charge is 2.32. The molecule has 1 N–H and O–H groups in total. The maximum absolute atomic E-state index is 12.4. The first-order chi connectivity index (χ1) is 11.8. The number of benzene rings is 1. The molecule has 0 bridgehead atoms. The second-order valence-electron chi connectivity index (χ2n) is 6.26. The van der Waals surface area contributed by atoms with Gasteiger partial charge in [0.25, 0.3) is 5.91 Å². The summed E-state index contributed by atoms with van der Waals surface area (Å²) in [4.78, 5) is 19.1. The summed E-state index contributed by atoms with van der Waals surface area (Å²) in [5, 5.41) is 2.96. The number of thiazole rings is 1. The molecule has 6 nitrogen and oxygen atoms in total. The summed E-state index contributed by atoms with van der Waals surface area (Å²) in [5.41, 5.74) is 3.50. The minimum Gasteiger partial charge on any atom is -0.379 e. The number of amides is 1. The van der Waals surface area contributed by atoms with Gasteiger partial charge in [-0.3, -0.25) is 9.69 Å². The van der Waals surface area contributed by atoms with E-state index in [0.717, 1.165) is 61.6 Å². The highest BCUT2D eigenvalue weighted by Crippen LogP contribution is 2.24. The lowest BCUT2D eigenvalue weighted by Crippen LogP contribution is -2.41. The van der Waals surface area contributed by atoms with Crippen molar-refractivity contribution in [1.82, 2.24) is 9.88 Å². The second kappa shape index (κ2) is 7.14. The summed E-state index contributed by atoms with van der Waals surface area (Å²) in [5.74, 6) is -0.0611. The Balaban J connectivity index is 1.31. The quantitative estimate of drug-likeness (QED) is 0.918. The molecule has 24 heavy (non-hydrogen) atoms. The van der Waals surface area contributed by atoms with E-state index < -0.39 is 0 Å². The molecule has 128 valence electrons. The van der Waals surface area contributed by atoms with Gasteiger partial charge < -0.3 is 14.8 Å². The highest BCUT2D eigenvalue weighted by atomic mass is 32.1. The molecule has 2 fully saturated rings. The monoisotopic (exact) mass is 347 g/mol. The van der Waals surface area contributed by atoms with Crippen molar-refractivity contribution in [2.75, 3.05) is 38.2 Å². The van der Waals surface area contributed by atoms with E-state index in [1.54, 1.807) is 11.3 Å². The summed E-state index contributed by atoms with van der Waals surface area (Å²) < 4.78 is 12.4. The van der Waals surface area contributed by atoms with Gasteiger partial charge in [0.2, 0.25) is 0 Å². The van der Waals surface area contributed by atoms with Gasteiger partial charge in [0.15, 0.2) is 0 Å². The fourth-order valence-electron chi connectivity index (χ4n) is 3.26. The molecular formula is C17H21N3O3S. The lowest BCUT2D eigenvalue weighted by atomic mass is 10.1. The number of fused-ring (bicyclic) bond motifs is 1. The zero-order valence-electron chi connectivity index (χ0n) is 13.4. The normalized spacial score (nSPS) is 25.2. The largest absolute Gasteiger partial charge is 0.379 e. The Morgan fingerprint density at radius 2 is 2.21 bits per heavy atom. The van der Waals surface area contributed by atoms with Gasteiger partial charge in [0.05, 0.1) is 35.0 Å². The molecule has 0 spiro atoms. The van der Waals surface area contributed by atoms with Gasteiger partial charge in [-0.2, -0.15) is 0 Å². The van der Waals surface area contributed by atoms with Gasteiger partial charge in [-0.25, -0.2) is 4.98 Å². The summed E-state index contributed by atoms with van der Waals surface area (Å²) in [7, 11) is 0. The Kier molecular flexibility index (Phi) is 4.75. The Labute approximate surface area is 144 Å². The van der Waals surface area contributed by atoms with E-state index in [4.69, 9.17) is 9.47 Å². The summed E-state index contributed by atoms with van der Waals surface area (Å²) in [6.07, 6.45) is 1.49. The van der Waals surface area contributed by atoms with E-state index in [1.165, 1.54) is 0 Å². The van der Waals surface area contributed by atoms with Crippen molar-refractivity contribution in [3.8, 4) is 0 Å². The average molecular weight is 347 g/mol. The molecule has 4 rings (SSSR count). The van der Waals surface area contributed by atoms with Crippen LogP contribution in [0.4, 0.5) is 5.69 Å². The molecule has 2 aliphatic rings. The van der Waals surface area contributed by atoms with E-state index in [1.807, 2.05) is 23.7 Å². The zero-order valence-corrected chi connectivity index (χ0v) is 14.3. The number of carbonyl (C=O) groups excluding carboxylic acids is 1. The molecule has 0 radical (unpaired) electrons. The molecule has 2 saturated heterocycles. The maximum Gasteiger partial charge on any atom is 0.253 e. The molecule has 7 heteroatoms. The number of carbonyl (C=O) groups is 1. The molecule has 1 aromatic heterocycles. The maximum atomic E-state index is 12.4. The van der Waals surface area contributed by atoms with Crippen LogP contribution in [0.1, 0.15) is 12.8 Å².